The monoisotopic (exact) mass is 235 g/mol. The Bertz CT molecular complexity index is 367. The highest BCUT2D eigenvalue weighted by atomic mass is 35.5. The van der Waals surface area contributed by atoms with Crippen molar-refractivity contribution in [2.24, 2.45) is 0 Å². The van der Waals surface area contributed by atoms with Gasteiger partial charge in [0.1, 0.15) is 5.97 Å². The number of alkyl halides is 2. The molecular formula is C9H8ClF2NO2. The molecule has 1 aromatic rings. The van der Waals surface area contributed by atoms with Crippen LogP contribution in [0.4, 0.5) is 8.78 Å². The van der Waals surface area contributed by atoms with E-state index in [0.717, 1.165) is 12.1 Å². The second-order valence-electron chi connectivity index (χ2n) is 3.00. The van der Waals surface area contributed by atoms with Gasteiger partial charge in [0.15, 0.2) is 6.04 Å². The first-order valence-electron chi connectivity index (χ1n) is 4.03. The molecule has 0 radical (unpaired) electrons. The van der Waals surface area contributed by atoms with E-state index in [1.807, 2.05) is 0 Å². The van der Waals surface area contributed by atoms with Crippen molar-refractivity contribution in [1.29, 1.82) is 0 Å². The van der Waals surface area contributed by atoms with Crippen LogP contribution in [0.5, 0.6) is 0 Å². The Morgan fingerprint density at radius 1 is 1.40 bits per heavy atom. The number of benzene rings is 1. The summed E-state index contributed by atoms with van der Waals surface area (Å²) in [6.45, 7) is 0. The average Bonchev–Trinajstić information content (AvgIpc) is 2.17. The van der Waals surface area contributed by atoms with Crippen molar-refractivity contribution >= 4 is 17.6 Å². The van der Waals surface area contributed by atoms with Crippen LogP contribution in [-0.4, -0.2) is 12.0 Å². The number of carboxylic acid groups (broad SMARTS) is 1. The summed E-state index contributed by atoms with van der Waals surface area (Å²) in [6.07, 6.45) is 0. The van der Waals surface area contributed by atoms with E-state index in [-0.39, 0.29) is 0 Å². The highest BCUT2D eigenvalue weighted by Crippen LogP contribution is 2.30. The van der Waals surface area contributed by atoms with Crippen molar-refractivity contribution in [2.45, 2.75) is 12.0 Å². The van der Waals surface area contributed by atoms with Crippen molar-refractivity contribution in [3.63, 3.8) is 0 Å². The third-order valence-corrected chi connectivity index (χ3v) is 2.20. The van der Waals surface area contributed by atoms with Gasteiger partial charge in [-0.15, -0.1) is 0 Å². The summed E-state index contributed by atoms with van der Waals surface area (Å²) < 4.78 is 26.8. The normalized spacial score (nSPS) is 13.6. The molecule has 0 bridgehead atoms. The fraction of sp³-hybridized carbons (Fsp3) is 0.222. The van der Waals surface area contributed by atoms with Gasteiger partial charge in [0, 0.05) is 10.6 Å². The Balaban J connectivity index is 3.05. The van der Waals surface area contributed by atoms with Crippen molar-refractivity contribution in [2.75, 3.05) is 0 Å². The van der Waals surface area contributed by atoms with Gasteiger partial charge >= 0.3 is 5.92 Å². The van der Waals surface area contributed by atoms with E-state index in [4.69, 9.17) is 11.6 Å². The number of carbonyl (C=O) groups is 1. The lowest BCUT2D eigenvalue weighted by Crippen LogP contribution is -2.74. The molecule has 0 saturated carbocycles. The second kappa shape index (κ2) is 4.12. The molecule has 0 saturated heterocycles. The molecule has 1 aromatic carbocycles. The molecule has 3 nitrogen and oxygen atoms in total. The topological polar surface area (TPSA) is 67.8 Å². The second-order valence-corrected chi connectivity index (χ2v) is 3.44. The summed E-state index contributed by atoms with van der Waals surface area (Å²) in [5.41, 5.74) is 2.41. The smallest absolute Gasteiger partial charge is 0.328 e. The molecule has 0 aliphatic carbocycles. The average molecular weight is 236 g/mol. The Hall–Kier alpha value is -1.20. The summed E-state index contributed by atoms with van der Waals surface area (Å²) in [6, 6.07) is 2.51. The van der Waals surface area contributed by atoms with Crippen LogP contribution in [0.15, 0.2) is 24.3 Å². The van der Waals surface area contributed by atoms with E-state index in [2.05, 4.69) is 5.73 Å². The summed E-state index contributed by atoms with van der Waals surface area (Å²) in [7, 11) is 0. The number of rotatable bonds is 3. The molecule has 3 N–H and O–H groups in total. The maximum absolute atomic E-state index is 13.4. The fourth-order valence-electron chi connectivity index (χ4n) is 1.02. The molecule has 0 fully saturated rings. The van der Waals surface area contributed by atoms with Gasteiger partial charge in [0.2, 0.25) is 0 Å². The maximum Gasteiger partial charge on any atom is 0.328 e. The Labute approximate surface area is 89.5 Å². The lowest BCUT2D eigenvalue weighted by atomic mass is 10.0. The van der Waals surface area contributed by atoms with Gasteiger partial charge in [-0.1, -0.05) is 23.7 Å². The molecule has 0 aliphatic heterocycles. The summed E-state index contributed by atoms with van der Waals surface area (Å²) in [4.78, 5) is 10.3. The van der Waals surface area contributed by atoms with Crippen LogP contribution >= 0.6 is 11.6 Å². The molecule has 0 aliphatic rings. The zero-order valence-electron chi connectivity index (χ0n) is 7.54. The minimum Gasteiger partial charge on any atom is -0.544 e. The van der Waals surface area contributed by atoms with Crippen LogP contribution in [0, 0.1) is 0 Å². The van der Waals surface area contributed by atoms with E-state index in [0.29, 0.717) is 5.02 Å². The maximum atomic E-state index is 13.4. The molecular weight excluding hydrogens is 228 g/mol. The first-order valence-corrected chi connectivity index (χ1v) is 4.41. The van der Waals surface area contributed by atoms with E-state index >= 15 is 0 Å². The van der Waals surface area contributed by atoms with Gasteiger partial charge < -0.3 is 15.6 Å². The molecule has 82 valence electrons. The van der Waals surface area contributed by atoms with Crippen molar-refractivity contribution in [1.82, 2.24) is 0 Å². The van der Waals surface area contributed by atoms with E-state index < -0.39 is 23.5 Å². The van der Waals surface area contributed by atoms with Gasteiger partial charge in [-0.3, -0.25) is 0 Å². The number of hydrogen-bond donors (Lipinski definition) is 1. The molecule has 1 rings (SSSR count). The van der Waals surface area contributed by atoms with E-state index in [1.165, 1.54) is 12.1 Å². The Morgan fingerprint density at radius 3 is 2.27 bits per heavy atom. The molecule has 0 spiro atoms. The van der Waals surface area contributed by atoms with Crippen LogP contribution in [0.1, 0.15) is 5.56 Å². The number of carboxylic acids is 1. The van der Waals surface area contributed by atoms with E-state index in [9.17, 15) is 18.7 Å². The lowest BCUT2D eigenvalue weighted by molar-refractivity contribution is -0.474. The summed E-state index contributed by atoms with van der Waals surface area (Å²) >= 11 is 5.51. The molecule has 0 heterocycles. The van der Waals surface area contributed by atoms with Gasteiger partial charge in [-0.2, -0.15) is 8.78 Å². The van der Waals surface area contributed by atoms with E-state index in [1.54, 1.807) is 0 Å². The molecule has 1 atom stereocenters. The molecule has 0 aromatic heterocycles. The fourth-order valence-corrected chi connectivity index (χ4v) is 1.15. The number of halogens is 3. The third kappa shape index (κ3) is 2.43. The largest absolute Gasteiger partial charge is 0.544 e. The zero-order valence-corrected chi connectivity index (χ0v) is 8.30. The predicted octanol–water partition coefficient (Wildman–Crippen LogP) is -0.208. The first kappa shape index (κ1) is 11.9. The minimum absolute atomic E-state index is 0.295. The van der Waals surface area contributed by atoms with Crippen LogP contribution in [0.25, 0.3) is 0 Å². The predicted molar refractivity (Wildman–Crippen MR) is 47.0 cm³/mol. The molecule has 0 amide bonds. The number of carbonyl (C=O) groups excluding carboxylic acids is 1. The van der Waals surface area contributed by atoms with Crippen molar-refractivity contribution in [3.8, 4) is 0 Å². The van der Waals surface area contributed by atoms with Crippen LogP contribution < -0.4 is 10.8 Å². The van der Waals surface area contributed by atoms with Crippen LogP contribution in [0.2, 0.25) is 5.02 Å². The number of hydrogen-bond acceptors (Lipinski definition) is 2. The highest BCUT2D eigenvalue weighted by molar-refractivity contribution is 6.30. The quantitative estimate of drug-likeness (QED) is 0.788. The van der Waals surface area contributed by atoms with Crippen molar-refractivity contribution in [3.05, 3.63) is 34.9 Å². The highest BCUT2D eigenvalue weighted by Gasteiger charge is 2.43. The van der Waals surface area contributed by atoms with Crippen molar-refractivity contribution < 1.29 is 24.4 Å². The minimum atomic E-state index is -3.57. The molecule has 0 unspecified atom stereocenters. The van der Waals surface area contributed by atoms with Gasteiger partial charge in [-0.25, -0.2) is 0 Å². The third-order valence-electron chi connectivity index (χ3n) is 1.95. The standard InChI is InChI=1S/C9H8ClF2NO2/c10-6-3-1-5(2-4-6)9(11,12)7(13)8(14)15/h1-4,7H,13H2,(H,14,15)/t7-/m0/s1. The molecule has 6 heteroatoms. The zero-order chi connectivity index (χ0) is 11.6. The Morgan fingerprint density at radius 2 is 1.87 bits per heavy atom. The summed E-state index contributed by atoms with van der Waals surface area (Å²) in [5.74, 6) is -5.46. The van der Waals surface area contributed by atoms with Crippen LogP contribution in [-0.2, 0) is 10.7 Å². The van der Waals surface area contributed by atoms with Gasteiger partial charge in [0.05, 0.1) is 0 Å². The first-order chi connectivity index (χ1) is 6.85. The van der Waals surface area contributed by atoms with Gasteiger partial charge in [0.25, 0.3) is 0 Å². The Kier molecular flexibility index (Phi) is 3.26. The number of quaternary nitrogens is 1. The molecule has 15 heavy (non-hydrogen) atoms. The van der Waals surface area contributed by atoms with Gasteiger partial charge in [-0.05, 0) is 12.1 Å². The number of aliphatic carboxylic acids is 1. The lowest BCUT2D eigenvalue weighted by Gasteiger charge is -2.21. The SMILES string of the molecule is [NH3+][C@@H](C(=O)[O-])C(F)(F)c1ccc(Cl)cc1. The van der Waals surface area contributed by atoms with Crippen LogP contribution in [0.3, 0.4) is 0 Å². The summed E-state index contributed by atoms with van der Waals surface area (Å²) in [5, 5.41) is 10.6.